The average Bonchev–Trinajstić information content (AvgIpc) is 3.60. The van der Waals surface area contributed by atoms with Crippen LogP contribution in [0.1, 0.15) is 11.5 Å². The number of hydrogen-bond acceptors (Lipinski definition) is 7. The Morgan fingerprint density at radius 1 is 1.12 bits per heavy atom. The van der Waals surface area contributed by atoms with Crippen molar-refractivity contribution in [3.05, 3.63) is 94.0 Å². The SMILES string of the molecule is Cc1nc(Cn2ccc(-c3cc(Cl)ccc3-n3cnnn3)cc2=O)[nH]c1-c1ccc(N(C)C(=O)O)cc1.O=CO. The Morgan fingerprint density at radius 2 is 1.85 bits per heavy atom. The van der Waals surface area contributed by atoms with Gasteiger partial charge in [-0.25, -0.2) is 9.78 Å². The van der Waals surface area contributed by atoms with Gasteiger partial charge in [0.25, 0.3) is 12.0 Å². The van der Waals surface area contributed by atoms with Crippen LogP contribution in [-0.2, 0) is 11.3 Å². The topological polar surface area (TPSA) is 172 Å². The molecule has 5 rings (SSSR count). The van der Waals surface area contributed by atoms with Crippen LogP contribution in [0.3, 0.4) is 0 Å². The quantitative estimate of drug-likeness (QED) is 0.261. The van der Waals surface area contributed by atoms with Gasteiger partial charge in [-0.05, 0) is 64.9 Å². The predicted molar refractivity (Wildman–Crippen MR) is 147 cm³/mol. The van der Waals surface area contributed by atoms with E-state index in [2.05, 4.69) is 25.5 Å². The van der Waals surface area contributed by atoms with Gasteiger partial charge in [-0.3, -0.25) is 14.5 Å². The second-order valence-electron chi connectivity index (χ2n) is 8.44. The number of carboxylic acid groups (broad SMARTS) is 2. The molecule has 0 aliphatic rings. The summed E-state index contributed by atoms with van der Waals surface area (Å²) in [6, 6.07) is 15.8. The number of tetrazole rings is 1. The van der Waals surface area contributed by atoms with Crippen LogP contribution in [0.5, 0.6) is 0 Å². The molecule has 3 heterocycles. The third kappa shape index (κ3) is 6.05. The first-order chi connectivity index (χ1) is 19.2. The van der Waals surface area contributed by atoms with E-state index < -0.39 is 6.09 Å². The van der Waals surface area contributed by atoms with Gasteiger partial charge in [0.1, 0.15) is 12.2 Å². The highest BCUT2D eigenvalue weighted by Gasteiger charge is 2.14. The molecule has 0 unspecified atom stereocenters. The molecule has 14 heteroatoms. The minimum Gasteiger partial charge on any atom is -0.483 e. The molecule has 2 aromatic carbocycles. The number of nitrogens with zero attached hydrogens (tertiary/aromatic N) is 7. The summed E-state index contributed by atoms with van der Waals surface area (Å²) in [5.74, 6) is 0.617. The van der Waals surface area contributed by atoms with Crippen molar-refractivity contribution in [3.63, 3.8) is 0 Å². The second kappa shape index (κ2) is 12.0. The number of benzene rings is 2. The van der Waals surface area contributed by atoms with E-state index in [0.29, 0.717) is 27.8 Å². The van der Waals surface area contributed by atoms with Crippen molar-refractivity contribution in [2.45, 2.75) is 13.5 Å². The molecule has 0 atom stereocenters. The van der Waals surface area contributed by atoms with Gasteiger partial charge in [-0.1, -0.05) is 23.7 Å². The summed E-state index contributed by atoms with van der Waals surface area (Å²) in [7, 11) is 1.49. The number of hydrogen-bond donors (Lipinski definition) is 3. The van der Waals surface area contributed by atoms with Gasteiger partial charge in [0.15, 0.2) is 0 Å². The minimum atomic E-state index is -1.04. The Morgan fingerprint density at radius 3 is 2.48 bits per heavy atom. The third-order valence-electron chi connectivity index (χ3n) is 5.95. The predicted octanol–water partition coefficient (Wildman–Crippen LogP) is 3.71. The summed E-state index contributed by atoms with van der Waals surface area (Å²) >= 11 is 6.23. The fraction of sp³-hybridized carbons (Fsp3) is 0.115. The number of aromatic amines is 1. The summed E-state index contributed by atoms with van der Waals surface area (Å²) < 4.78 is 3.06. The van der Waals surface area contributed by atoms with Crippen LogP contribution in [0, 0.1) is 6.92 Å². The van der Waals surface area contributed by atoms with Crippen LogP contribution in [0.25, 0.3) is 28.1 Å². The molecular weight excluding hydrogens is 540 g/mol. The first-order valence-corrected chi connectivity index (χ1v) is 12.0. The number of imidazole rings is 1. The van der Waals surface area contributed by atoms with Crippen LogP contribution in [0.4, 0.5) is 10.5 Å². The molecule has 40 heavy (non-hydrogen) atoms. The fourth-order valence-corrected chi connectivity index (χ4v) is 4.19. The third-order valence-corrected chi connectivity index (χ3v) is 6.18. The molecule has 3 N–H and O–H groups in total. The van der Waals surface area contributed by atoms with Gasteiger partial charge in [0.2, 0.25) is 0 Å². The molecule has 5 aromatic rings. The zero-order valence-electron chi connectivity index (χ0n) is 21.3. The number of pyridine rings is 1. The maximum atomic E-state index is 13.0. The summed E-state index contributed by atoms with van der Waals surface area (Å²) in [5.41, 5.74) is 4.86. The smallest absolute Gasteiger partial charge is 0.411 e. The van der Waals surface area contributed by atoms with Gasteiger partial charge < -0.3 is 19.8 Å². The standard InChI is InChI=1S/C25H21ClN8O3.CH2O2/c1-15-24(16-3-6-19(7-4-16)32(2)25(36)37)29-22(28-15)13-33-10-9-17(11-23(33)35)20-12-18(26)5-8-21(20)34-14-27-30-31-34;2-1-3/h3-12,14H,13H2,1-2H3,(H,28,29)(H,36,37);1H,(H,2,3). The molecule has 0 fully saturated rings. The summed E-state index contributed by atoms with van der Waals surface area (Å²) in [4.78, 5) is 41.5. The largest absolute Gasteiger partial charge is 0.483 e. The van der Waals surface area contributed by atoms with E-state index in [1.807, 2.05) is 25.1 Å². The van der Waals surface area contributed by atoms with Crippen LogP contribution in [-0.4, -0.2) is 64.6 Å². The number of amides is 1. The molecule has 0 radical (unpaired) electrons. The number of carbonyl (C=O) groups is 2. The van der Waals surface area contributed by atoms with E-state index in [-0.39, 0.29) is 18.6 Å². The molecule has 0 aliphatic heterocycles. The Kier molecular flexibility index (Phi) is 8.35. The Bertz CT molecular complexity index is 1700. The maximum Gasteiger partial charge on any atom is 0.411 e. The number of rotatable bonds is 6. The highest BCUT2D eigenvalue weighted by Crippen LogP contribution is 2.29. The lowest BCUT2D eigenvalue weighted by Gasteiger charge is -2.13. The number of H-pyrrole nitrogens is 1. The molecule has 0 aliphatic carbocycles. The van der Waals surface area contributed by atoms with Crippen molar-refractivity contribution in [3.8, 4) is 28.1 Å². The lowest BCUT2D eigenvalue weighted by molar-refractivity contribution is -0.122. The lowest BCUT2D eigenvalue weighted by Crippen LogP contribution is -2.23. The first kappa shape index (κ1) is 27.7. The zero-order valence-corrected chi connectivity index (χ0v) is 22.0. The molecule has 0 saturated carbocycles. The van der Waals surface area contributed by atoms with Crippen molar-refractivity contribution < 1.29 is 19.8 Å². The Hall–Kier alpha value is -5.30. The van der Waals surface area contributed by atoms with E-state index >= 15 is 0 Å². The van der Waals surface area contributed by atoms with Crippen LogP contribution in [0.15, 0.2) is 71.9 Å². The molecule has 3 aromatic heterocycles. The molecule has 204 valence electrons. The minimum absolute atomic E-state index is 0.211. The monoisotopic (exact) mass is 562 g/mol. The fourth-order valence-electron chi connectivity index (χ4n) is 4.02. The van der Waals surface area contributed by atoms with E-state index in [9.17, 15) is 9.59 Å². The van der Waals surface area contributed by atoms with Gasteiger partial charge in [-0.15, -0.1) is 5.10 Å². The number of halogens is 1. The summed E-state index contributed by atoms with van der Waals surface area (Å²) in [6.07, 6.45) is 2.14. The first-order valence-electron chi connectivity index (χ1n) is 11.7. The normalized spacial score (nSPS) is 10.5. The van der Waals surface area contributed by atoms with E-state index in [0.717, 1.165) is 27.4 Å². The molecule has 0 spiro atoms. The number of aromatic nitrogens is 7. The van der Waals surface area contributed by atoms with Gasteiger partial charge in [0, 0.05) is 35.6 Å². The molecular formula is C26H23ClN8O5. The Labute approximate surface area is 231 Å². The molecule has 0 bridgehead atoms. The molecule has 13 nitrogen and oxygen atoms in total. The van der Waals surface area contributed by atoms with Crippen molar-refractivity contribution in [1.29, 1.82) is 0 Å². The van der Waals surface area contributed by atoms with Crippen molar-refractivity contribution in [2.75, 3.05) is 11.9 Å². The van der Waals surface area contributed by atoms with Crippen LogP contribution in [0.2, 0.25) is 5.02 Å². The summed E-state index contributed by atoms with van der Waals surface area (Å²) in [6.45, 7) is 1.87. The van der Waals surface area contributed by atoms with Gasteiger partial charge >= 0.3 is 6.09 Å². The van der Waals surface area contributed by atoms with Crippen molar-refractivity contribution in [2.24, 2.45) is 0 Å². The second-order valence-corrected chi connectivity index (χ2v) is 8.87. The van der Waals surface area contributed by atoms with Crippen molar-refractivity contribution >= 4 is 29.9 Å². The van der Waals surface area contributed by atoms with Crippen molar-refractivity contribution in [1.82, 2.24) is 34.7 Å². The Balaban J connectivity index is 0.00000118. The lowest BCUT2D eigenvalue weighted by atomic mass is 10.0. The highest BCUT2D eigenvalue weighted by molar-refractivity contribution is 6.31. The van der Waals surface area contributed by atoms with E-state index in [1.54, 1.807) is 41.1 Å². The maximum absolute atomic E-state index is 13.0. The highest BCUT2D eigenvalue weighted by atomic mass is 35.5. The molecule has 1 amide bonds. The average molecular weight is 563 g/mol. The summed E-state index contributed by atoms with van der Waals surface area (Å²) in [5, 5.41) is 27.9. The van der Waals surface area contributed by atoms with E-state index in [1.165, 1.54) is 24.1 Å². The number of nitrogens with one attached hydrogen (secondary N) is 1. The number of aryl methyl sites for hydroxylation is 1. The number of anilines is 1. The van der Waals surface area contributed by atoms with Gasteiger partial charge in [-0.2, -0.15) is 4.68 Å². The van der Waals surface area contributed by atoms with Crippen LogP contribution < -0.4 is 10.5 Å². The molecule has 0 saturated heterocycles. The van der Waals surface area contributed by atoms with Crippen LogP contribution >= 0.6 is 11.6 Å². The van der Waals surface area contributed by atoms with E-state index in [4.69, 9.17) is 26.6 Å². The zero-order chi connectivity index (χ0) is 28.8. The van der Waals surface area contributed by atoms with Gasteiger partial charge in [0.05, 0.1) is 23.6 Å².